The van der Waals surface area contributed by atoms with Crippen LogP contribution in [0.3, 0.4) is 0 Å². The lowest BCUT2D eigenvalue weighted by atomic mass is 9.97. The maximum absolute atomic E-state index is 11.0. The van der Waals surface area contributed by atoms with Crippen molar-refractivity contribution in [2.24, 2.45) is 0 Å². The Morgan fingerprint density at radius 1 is 1.60 bits per heavy atom. The van der Waals surface area contributed by atoms with E-state index in [0.717, 1.165) is 0 Å². The van der Waals surface area contributed by atoms with E-state index in [4.69, 9.17) is 19.3 Å². The Hall–Kier alpha value is -0.890. The van der Waals surface area contributed by atoms with Crippen molar-refractivity contribution in [2.75, 3.05) is 13.7 Å². The number of carbonyl (C=O) groups is 1. The van der Waals surface area contributed by atoms with Crippen molar-refractivity contribution < 1.29 is 29.2 Å². The molecule has 0 aromatic rings. The maximum atomic E-state index is 11.0. The standard InChI is InChI=1S/C8H13NO6/c1-13-7-5(11)4-6(3(2-10)14-7)15-8(12)9-4/h3-7,10-11H,2H2,1H3,(H,9,12)/t3-,4+,5-,6+,7-/m0/s1. The molecular weight excluding hydrogens is 206 g/mol. The van der Waals surface area contributed by atoms with Gasteiger partial charge in [0.1, 0.15) is 18.2 Å². The van der Waals surface area contributed by atoms with E-state index in [9.17, 15) is 9.90 Å². The van der Waals surface area contributed by atoms with Crippen LogP contribution in [0.15, 0.2) is 0 Å². The van der Waals surface area contributed by atoms with Crippen molar-refractivity contribution in [2.45, 2.75) is 30.6 Å². The fourth-order valence-corrected chi connectivity index (χ4v) is 1.88. The largest absolute Gasteiger partial charge is 0.441 e. The van der Waals surface area contributed by atoms with Gasteiger partial charge in [-0.15, -0.1) is 0 Å². The third-order valence-corrected chi connectivity index (χ3v) is 2.62. The molecule has 7 heteroatoms. The van der Waals surface area contributed by atoms with E-state index in [1.807, 2.05) is 0 Å². The van der Waals surface area contributed by atoms with Crippen LogP contribution in [0.25, 0.3) is 0 Å². The normalized spacial score (nSPS) is 44.5. The Morgan fingerprint density at radius 3 is 2.93 bits per heavy atom. The highest BCUT2D eigenvalue weighted by molar-refractivity contribution is 5.70. The number of aliphatic hydroxyl groups excluding tert-OH is 2. The molecule has 0 radical (unpaired) electrons. The number of nitrogens with one attached hydrogen (secondary N) is 1. The molecule has 0 unspecified atom stereocenters. The number of amides is 1. The molecule has 2 saturated heterocycles. The number of rotatable bonds is 2. The minimum Gasteiger partial charge on any atom is -0.441 e. The van der Waals surface area contributed by atoms with Crippen molar-refractivity contribution >= 4 is 6.09 Å². The van der Waals surface area contributed by atoms with Crippen LogP contribution < -0.4 is 5.32 Å². The lowest BCUT2D eigenvalue weighted by Crippen LogP contribution is -2.60. The predicted molar refractivity (Wildman–Crippen MR) is 46.0 cm³/mol. The number of aliphatic hydroxyl groups is 2. The first-order chi connectivity index (χ1) is 7.17. The molecule has 0 saturated carbocycles. The first kappa shape index (κ1) is 10.6. The van der Waals surface area contributed by atoms with Crippen LogP contribution in [0.5, 0.6) is 0 Å². The number of hydrogen-bond acceptors (Lipinski definition) is 6. The molecule has 0 aromatic carbocycles. The van der Waals surface area contributed by atoms with Gasteiger partial charge in [0.05, 0.1) is 6.61 Å². The number of ether oxygens (including phenoxy) is 3. The highest BCUT2D eigenvalue weighted by atomic mass is 16.7. The van der Waals surface area contributed by atoms with E-state index in [2.05, 4.69) is 5.32 Å². The van der Waals surface area contributed by atoms with Crippen LogP contribution in [0, 0.1) is 0 Å². The minimum absolute atomic E-state index is 0.303. The van der Waals surface area contributed by atoms with Gasteiger partial charge >= 0.3 is 6.09 Å². The molecule has 0 aromatic heterocycles. The highest BCUT2D eigenvalue weighted by Gasteiger charge is 2.51. The maximum Gasteiger partial charge on any atom is 0.408 e. The molecule has 2 fully saturated rings. The Morgan fingerprint density at radius 2 is 2.33 bits per heavy atom. The van der Waals surface area contributed by atoms with Gasteiger partial charge in [-0.1, -0.05) is 0 Å². The van der Waals surface area contributed by atoms with Crippen molar-refractivity contribution in [3.05, 3.63) is 0 Å². The third kappa shape index (κ3) is 1.67. The zero-order valence-electron chi connectivity index (χ0n) is 8.12. The number of carbonyl (C=O) groups excluding carboxylic acids is 1. The van der Waals surface area contributed by atoms with Crippen LogP contribution in [-0.2, 0) is 14.2 Å². The quantitative estimate of drug-likeness (QED) is 0.506. The molecule has 0 spiro atoms. The van der Waals surface area contributed by atoms with Crippen LogP contribution in [0.1, 0.15) is 0 Å². The molecule has 1 amide bonds. The molecule has 2 heterocycles. The molecule has 3 N–H and O–H groups in total. The van der Waals surface area contributed by atoms with Crippen LogP contribution in [-0.4, -0.2) is 60.7 Å². The van der Waals surface area contributed by atoms with E-state index in [1.165, 1.54) is 7.11 Å². The first-order valence-corrected chi connectivity index (χ1v) is 4.61. The molecule has 15 heavy (non-hydrogen) atoms. The van der Waals surface area contributed by atoms with Crippen LogP contribution >= 0.6 is 0 Å². The molecule has 0 bridgehead atoms. The van der Waals surface area contributed by atoms with E-state index in [-0.39, 0.29) is 6.61 Å². The van der Waals surface area contributed by atoms with Gasteiger partial charge in [0.25, 0.3) is 0 Å². The minimum atomic E-state index is -1.01. The van der Waals surface area contributed by atoms with Gasteiger partial charge in [0, 0.05) is 7.11 Å². The van der Waals surface area contributed by atoms with Crippen LogP contribution in [0.4, 0.5) is 4.79 Å². The van der Waals surface area contributed by atoms with Gasteiger partial charge in [-0.2, -0.15) is 0 Å². The second kappa shape index (κ2) is 3.93. The average Bonchev–Trinajstić information content (AvgIpc) is 2.61. The smallest absolute Gasteiger partial charge is 0.408 e. The van der Waals surface area contributed by atoms with Crippen LogP contribution in [0.2, 0.25) is 0 Å². The monoisotopic (exact) mass is 219 g/mol. The van der Waals surface area contributed by atoms with E-state index < -0.39 is 36.7 Å². The van der Waals surface area contributed by atoms with Gasteiger partial charge in [0.2, 0.25) is 0 Å². The third-order valence-electron chi connectivity index (χ3n) is 2.62. The lowest BCUT2D eigenvalue weighted by Gasteiger charge is -2.38. The summed E-state index contributed by atoms with van der Waals surface area (Å²) in [4.78, 5) is 11.0. The van der Waals surface area contributed by atoms with Gasteiger partial charge < -0.3 is 29.7 Å². The van der Waals surface area contributed by atoms with Crippen molar-refractivity contribution in [1.29, 1.82) is 0 Å². The van der Waals surface area contributed by atoms with E-state index in [1.54, 1.807) is 0 Å². The summed E-state index contributed by atoms with van der Waals surface area (Å²) in [6.07, 6.45) is -3.85. The van der Waals surface area contributed by atoms with E-state index >= 15 is 0 Å². The highest BCUT2D eigenvalue weighted by Crippen LogP contribution is 2.27. The van der Waals surface area contributed by atoms with Gasteiger partial charge in [0.15, 0.2) is 12.4 Å². The molecule has 86 valence electrons. The molecule has 7 nitrogen and oxygen atoms in total. The van der Waals surface area contributed by atoms with Gasteiger partial charge in [-0.05, 0) is 0 Å². The molecular formula is C8H13NO6. The van der Waals surface area contributed by atoms with Crippen molar-refractivity contribution in [3.8, 4) is 0 Å². The van der Waals surface area contributed by atoms with Gasteiger partial charge in [-0.3, -0.25) is 0 Å². The lowest BCUT2D eigenvalue weighted by molar-refractivity contribution is -0.261. The zero-order valence-corrected chi connectivity index (χ0v) is 8.12. The summed E-state index contributed by atoms with van der Waals surface area (Å²) in [5.74, 6) is 0. The molecule has 2 rings (SSSR count). The fraction of sp³-hybridized carbons (Fsp3) is 0.875. The summed E-state index contributed by atoms with van der Waals surface area (Å²) >= 11 is 0. The first-order valence-electron chi connectivity index (χ1n) is 4.61. The second-order valence-corrected chi connectivity index (χ2v) is 3.49. The fourth-order valence-electron chi connectivity index (χ4n) is 1.88. The molecule has 5 atom stereocenters. The summed E-state index contributed by atoms with van der Waals surface area (Å²) < 4.78 is 15.0. The summed E-state index contributed by atoms with van der Waals surface area (Å²) in [5, 5.41) is 21.2. The SMILES string of the molecule is CO[C@H]1O[C@@H](CO)[C@H]2OC(=O)N[C@@H]2[C@@H]1O. The zero-order chi connectivity index (χ0) is 11.0. The summed E-state index contributed by atoms with van der Waals surface area (Å²) in [6.45, 7) is -0.303. The summed E-state index contributed by atoms with van der Waals surface area (Å²) in [5.41, 5.74) is 0. The summed E-state index contributed by atoms with van der Waals surface area (Å²) in [6, 6.07) is -0.603. The molecule has 2 aliphatic heterocycles. The topological polar surface area (TPSA) is 97.3 Å². The Labute approximate surface area is 85.9 Å². The molecule has 2 aliphatic rings. The Bertz CT molecular complexity index is 260. The van der Waals surface area contributed by atoms with E-state index in [0.29, 0.717) is 0 Å². The Kier molecular flexibility index (Phi) is 2.79. The van der Waals surface area contributed by atoms with Gasteiger partial charge in [-0.25, -0.2) is 4.79 Å². The number of hydrogen-bond donors (Lipinski definition) is 3. The Balaban J connectivity index is 2.16. The van der Waals surface area contributed by atoms with Crippen molar-refractivity contribution in [3.63, 3.8) is 0 Å². The average molecular weight is 219 g/mol. The number of methoxy groups -OCH3 is 1. The second-order valence-electron chi connectivity index (χ2n) is 3.49. The molecule has 0 aliphatic carbocycles. The predicted octanol–water partition coefficient (Wildman–Crippen LogP) is -1.81. The summed E-state index contributed by atoms with van der Waals surface area (Å²) in [7, 11) is 1.38. The van der Waals surface area contributed by atoms with Crippen molar-refractivity contribution in [1.82, 2.24) is 5.32 Å². The number of alkyl carbamates (subject to hydrolysis) is 1. The number of fused-ring (bicyclic) bond motifs is 1.